The van der Waals surface area contributed by atoms with Gasteiger partial charge in [-0.05, 0) is 122 Å². The van der Waals surface area contributed by atoms with Gasteiger partial charge in [0.05, 0.1) is 16.6 Å². The minimum absolute atomic E-state index is 0.0148. The highest BCUT2D eigenvalue weighted by Gasteiger charge is 2.47. The zero-order valence-electron chi connectivity index (χ0n) is 40.0. The number of aromatic nitrogens is 3. The third-order valence-corrected chi connectivity index (χ3v) is 15.0. The van der Waals surface area contributed by atoms with Gasteiger partial charge < -0.3 is 9.05 Å². The predicted molar refractivity (Wildman–Crippen MR) is 287 cm³/mol. The first-order valence-corrected chi connectivity index (χ1v) is 24.1. The highest BCUT2D eigenvalue weighted by atomic mass is 15.3. The molecule has 2 aliphatic heterocycles. The van der Waals surface area contributed by atoms with Crippen molar-refractivity contribution in [1.29, 1.82) is 0 Å². The van der Waals surface area contributed by atoms with E-state index in [0.29, 0.717) is 0 Å². The summed E-state index contributed by atoms with van der Waals surface area (Å²) in [6, 6.07) is 64.7. The largest absolute Gasteiger partial charge is 0.375 e. The van der Waals surface area contributed by atoms with Crippen LogP contribution in [0.25, 0.3) is 77.0 Å². The Balaban J connectivity index is 1.30. The average molecular weight is 867 g/mol. The third kappa shape index (κ3) is 5.61. The van der Waals surface area contributed by atoms with Crippen molar-refractivity contribution in [3.63, 3.8) is 0 Å². The van der Waals surface area contributed by atoms with Crippen LogP contribution in [0.4, 0.5) is 17.2 Å². The minimum atomic E-state index is -0.153. The Kier molecular flexibility index (Phi) is 8.18. The molecule has 0 saturated heterocycles. The van der Waals surface area contributed by atoms with Crippen LogP contribution in [0.3, 0.4) is 0 Å². The van der Waals surface area contributed by atoms with Gasteiger partial charge >= 0.3 is 6.85 Å². The molecule has 8 aromatic carbocycles. The number of fused-ring (bicyclic) bond motifs is 13. The quantitative estimate of drug-likeness (QED) is 0.162. The van der Waals surface area contributed by atoms with E-state index in [4.69, 9.17) is 0 Å². The van der Waals surface area contributed by atoms with Crippen molar-refractivity contribution >= 4 is 89.5 Å². The number of rotatable bonds is 3. The zero-order valence-corrected chi connectivity index (χ0v) is 40.0. The van der Waals surface area contributed by atoms with Gasteiger partial charge in [-0.15, -0.1) is 0 Å². The second-order valence-corrected chi connectivity index (χ2v) is 22.3. The van der Waals surface area contributed by atoms with Crippen molar-refractivity contribution < 1.29 is 0 Å². The number of anilines is 3. The Bertz CT molecular complexity index is 3840. The molecule has 11 aromatic rings. The fourth-order valence-corrected chi connectivity index (χ4v) is 11.7. The van der Waals surface area contributed by atoms with Crippen LogP contribution in [0.5, 0.6) is 0 Å². The molecule has 0 radical (unpaired) electrons. The van der Waals surface area contributed by atoms with Crippen LogP contribution in [-0.2, 0) is 16.2 Å². The van der Waals surface area contributed by atoms with E-state index in [1.165, 1.54) is 110 Å². The van der Waals surface area contributed by atoms with Gasteiger partial charge in [0, 0.05) is 66.4 Å². The lowest BCUT2D eigenvalue weighted by Crippen LogP contribution is -2.57. The van der Waals surface area contributed by atoms with Gasteiger partial charge in [0.2, 0.25) is 0 Å². The number of nitrogens with zero attached hydrogens (tertiary/aromatic N) is 4. The summed E-state index contributed by atoms with van der Waals surface area (Å²) in [6.07, 6.45) is 0. The molecule has 2 aliphatic rings. The van der Waals surface area contributed by atoms with Crippen LogP contribution in [0.1, 0.15) is 79.0 Å². The smallest absolute Gasteiger partial charge is 0.335 e. The van der Waals surface area contributed by atoms with E-state index in [1.807, 2.05) is 0 Å². The van der Waals surface area contributed by atoms with Crippen molar-refractivity contribution in [3.8, 4) is 22.5 Å². The maximum Gasteiger partial charge on any atom is 0.335 e. The maximum absolute atomic E-state index is 2.77. The lowest BCUT2D eigenvalue weighted by Gasteiger charge is -2.41. The van der Waals surface area contributed by atoms with Crippen LogP contribution in [0.15, 0.2) is 170 Å². The van der Waals surface area contributed by atoms with Gasteiger partial charge in [-0.1, -0.05) is 159 Å². The molecule has 67 heavy (non-hydrogen) atoms. The Morgan fingerprint density at radius 1 is 0.373 bits per heavy atom. The van der Waals surface area contributed by atoms with Crippen LogP contribution in [-0.4, -0.2) is 20.5 Å². The number of hydrogen-bond donors (Lipinski definition) is 0. The summed E-state index contributed by atoms with van der Waals surface area (Å²) in [4.78, 5) is 2.62. The molecule has 5 heteroatoms. The number of benzene rings is 8. The van der Waals surface area contributed by atoms with E-state index >= 15 is 0 Å². The first kappa shape index (κ1) is 40.1. The molecule has 5 heterocycles. The maximum atomic E-state index is 2.77. The summed E-state index contributed by atoms with van der Waals surface area (Å²) in [5.41, 5.74) is 20.0. The molecule has 0 saturated carbocycles. The van der Waals surface area contributed by atoms with Crippen LogP contribution >= 0.6 is 0 Å². The standard InChI is InChI=1S/C62H55BN4/c1-60(2,3)38-28-31-43(32-29-38)66-53-36-40(62(7,8)9)35-49-54-57-47(44-24-16-18-26-50(44)64(57)41-20-12-10-13-21-41)37-48-46-34-39(61(4,5)6)30-33-52(46)67(58(48)54)63(55(49)53)56-45-25-17-19-27-51(45)65(59(56)66)42-22-14-11-15-23-42/h10-37H,1-9H3. The normalized spacial score (nSPS) is 13.7. The molecule has 0 aliphatic carbocycles. The molecular weight excluding hydrogens is 812 g/mol. The Hall–Kier alpha value is -7.24. The first-order chi connectivity index (χ1) is 32.2. The second-order valence-electron chi connectivity index (χ2n) is 22.3. The zero-order chi connectivity index (χ0) is 45.9. The van der Waals surface area contributed by atoms with Crippen LogP contribution in [0.2, 0.25) is 0 Å². The van der Waals surface area contributed by atoms with Crippen LogP contribution < -0.4 is 15.8 Å². The molecule has 3 aromatic heterocycles. The van der Waals surface area contributed by atoms with Gasteiger partial charge in [-0.3, -0.25) is 9.47 Å². The predicted octanol–water partition coefficient (Wildman–Crippen LogP) is 15.1. The molecule has 0 fully saturated rings. The Morgan fingerprint density at radius 3 is 1.57 bits per heavy atom. The average Bonchev–Trinajstić information content (AvgIpc) is 3.95. The van der Waals surface area contributed by atoms with Crippen molar-refractivity contribution in [2.24, 2.45) is 0 Å². The van der Waals surface area contributed by atoms with E-state index in [1.54, 1.807) is 0 Å². The first-order valence-electron chi connectivity index (χ1n) is 24.1. The molecule has 326 valence electrons. The van der Waals surface area contributed by atoms with E-state index in [2.05, 4.69) is 251 Å². The molecule has 0 bridgehead atoms. The van der Waals surface area contributed by atoms with E-state index in [0.717, 1.165) is 11.4 Å². The summed E-state index contributed by atoms with van der Waals surface area (Å²) < 4.78 is 7.86. The molecule has 0 unspecified atom stereocenters. The summed E-state index contributed by atoms with van der Waals surface area (Å²) in [5, 5.41) is 6.43. The van der Waals surface area contributed by atoms with E-state index in [-0.39, 0.29) is 23.1 Å². The fourth-order valence-electron chi connectivity index (χ4n) is 11.7. The Labute approximate surface area is 393 Å². The molecule has 0 amide bonds. The van der Waals surface area contributed by atoms with Gasteiger partial charge in [-0.25, -0.2) is 0 Å². The fraction of sp³-hybridized carbons (Fsp3) is 0.194. The summed E-state index contributed by atoms with van der Waals surface area (Å²) >= 11 is 0. The molecule has 4 nitrogen and oxygen atoms in total. The van der Waals surface area contributed by atoms with Crippen molar-refractivity contribution in [1.82, 2.24) is 13.6 Å². The van der Waals surface area contributed by atoms with Gasteiger partial charge in [0.25, 0.3) is 0 Å². The number of hydrogen-bond acceptors (Lipinski definition) is 1. The summed E-state index contributed by atoms with van der Waals surface area (Å²) in [7, 11) is 0. The van der Waals surface area contributed by atoms with Crippen LogP contribution in [0, 0.1) is 0 Å². The lowest BCUT2D eigenvalue weighted by atomic mass is 9.45. The van der Waals surface area contributed by atoms with Gasteiger partial charge in [0.1, 0.15) is 5.82 Å². The molecule has 13 rings (SSSR count). The third-order valence-electron chi connectivity index (χ3n) is 15.0. The monoisotopic (exact) mass is 866 g/mol. The molecule has 0 N–H and O–H groups in total. The van der Waals surface area contributed by atoms with Gasteiger partial charge in [0.15, 0.2) is 0 Å². The molecular formula is C62H55BN4. The number of para-hydroxylation sites is 4. The second kappa shape index (κ2) is 13.7. The van der Waals surface area contributed by atoms with Crippen molar-refractivity contribution in [2.45, 2.75) is 78.6 Å². The highest BCUT2D eigenvalue weighted by Crippen LogP contribution is 2.52. The minimum Gasteiger partial charge on any atom is -0.375 e. The Morgan fingerprint density at radius 2 is 0.925 bits per heavy atom. The molecule has 0 spiro atoms. The summed E-state index contributed by atoms with van der Waals surface area (Å²) in [6.45, 7) is 20.9. The lowest BCUT2D eigenvalue weighted by molar-refractivity contribution is 0.590. The molecule has 0 atom stereocenters. The SMILES string of the molecule is CC(C)(C)c1ccc(N2c3cc(C(C)(C)C)cc4c3B(c3c2n(-c2ccccc2)c2ccccc32)n2c3ccc(C(C)(C)C)cc3c3cc5c6ccccc6n(-c6ccccc6)c5c-4c32)cc1. The van der Waals surface area contributed by atoms with E-state index < -0.39 is 0 Å². The van der Waals surface area contributed by atoms with Gasteiger partial charge in [-0.2, -0.15) is 0 Å². The summed E-state index contributed by atoms with van der Waals surface area (Å²) in [5.74, 6) is 1.19. The van der Waals surface area contributed by atoms with Crippen molar-refractivity contribution in [3.05, 3.63) is 187 Å². The van der Waals surface area contributed by atoms with E-state index in [9.17, 15) is 0 Å². The van der Waals surface area contributed by atoms with Crippen molar-refractivity contribution in [2.75, 3.05) is 4.90 Å². The highest BCUT2D eigenvalue weighted by molar-refractivity contribution is 6.92. The topological polar surface area (TPSA) is 18.0 Å².